The summed E-state index contributed by atoms with van der Waals surface area (Å²) in [6, 6.07) is 6.31. The van der Waals surface area contributed by atoms with Crippen LogP contribution in [0.5, 0.6) is 0 Å². The Balaban J connectivity index is 2.24. The minimum Gasteiger partial charge on any atom is -0.338 e. The number of hydrogen-bond donors (Lipinski definition) is 1. The highest BCUT2D eigenvalue weighted by molar-refractivity contribution is 5.97. The van der Waals surface area contributed by atoms with Crippen LogP contribution in [-0.2, 0) is 0 Å². The highest BCUT2D eigenvalue weighted by atomic mass is 16.2. The number of benzene rings is 1. The van der Waals surface area contributed by atoms with Gasteiger partial charge in [0.15, 0.2) is 0 Å². The predicted octanol–water partition coefficient (Wildman–Crippen LogP) is 2.50. The van der Waals surface area contributed by atoms with Crippen molar-refractivity contribution in [1.29, 1.82) is 0 Å². The molecule has 2 N–H and O–H groups in total. The molecule has 3 nitrogen and oxygen atoms in total. The van der Waals surface area contributed by atoms with Crippen molar-refractivity contribution in [3.8, 4) is 0 Å². The van der Waals surface area contributed by atoms with Crippen LogP contribution in [0, 0.1) is 19.8 Å². The first kappa shape index (κ1) is 14.1. The van der Waals surface area contributed by atoms with Gasteiger partial charge in [0.2, 0.25) is 0 Å². The monoisotopic (exact) mass is 260 g/mol. The smallest absolute Gasteiger partial charge is 0.254 e. The molecule has 19 heavy (non-hydrogen) atoms. The van der Waals surface area contributed by atoms with Gasteiger partial charge in [0.05, 0.1) is 0 Å². The second-order valence-electron chi connectivity index (χ2n) is 5.68. The minimum absolute atomic E-state index is 0.140. The van der Waals surface area contributed by atoms with E-state index in [1.54, 1.807) is 0 Å². The molecule has 1 saturated carbocycles. The lowest BCUT2D eigenvalue weighted by atomic mass is 9.98. The SMILES string of the molecule is Cc1cccc(C)c1C(=O)N(C)C1CCCC1CN. The van der Waals surface area contributed by atoms with Crippen molar-refractivity contribution in [2.75, 3.05) is 13.6 Å². The summed E-state index contributed by atoms with van der Waals surface area (Å²) in [6.07, 6.45) is 3.40. The zero-order valence-corrected chi connectivity index (χ0v) is 12.1. The van der Waals surface area contributed by atoms with E-state index in [1.165, 1.54) is 6.42 Å². The van der Waals surface area contributed by atoms with Crippen molar-refractivity contribution >= 4 is 5.91 Å². The van der Waals surface area contributed by atoms with E-state index in [2.05, 4.69) is 0 Å². The fourth-order valence-electron chi connectivity index (χ4n) is 3.28. The second-order valence-corrected chi connectivity index (χ2v) is 5.68. The summed E-state index contributed by atoms with van der Waals surface area (Å²) < 4.78 is 0. The summed E-state index contributed by atoms with van der Waals surface area (Å²) in [5.74, 6) is 0.597. The van der Waals surface area contributed by atoms with Gasteiger partial charge in [0, 0.05) is 18.7 Å². The molecule has 1 aliphatic carbocycles. The number of nitrogens with zero attached hydrogens (tertiary/aromatic N) is 1. The third kappa shape index (κ3) is 2.66. The Kier molecular flexibility index (Phi) is 4.25. The molecule has 1 aliphatic rings. The standard InChI is InChI=1S/C16H24N2O/c1-11-6-4-7-12(2)15(11)16(19)18(3)14-9-5-8-13(14)10-17/h4,6-7,13-14H,5,8-10,17H2,1-3H3. The molecule has 0 radical (unpaired) electrons. The van der Waals surface area contributed by atoms with Gasteiger partial charge in [-0.2, -0.15) is 0 Å². The molecule has 1 aromatic rings. The summed E-state index contributed by atoms with van der Waals surface area (Å²) in [5.41, 5.74) is 8.79. The maximum Gasteiger partial charge on any atom is 0.254 e. The Morgan fingerprint density at radius 1 is 1.32 bits per heavy atom. The fourth-order valence-corrected chi connectivity index (χ4v) is 3.28. The molecule has 2 atom stereocenters. The van der Waals surface area contributed by atoms with Gasteiger partial charge in [-0.1, -0.05) is 24.6 Å². The predicted molar refractivity (Wildman–Crippen MR) is 78.2 cm³/mol. The highest BCUT2D eigenvalue weighted by Crippen LogP contribution is 2.30. The van der Waals surface area contributed by atoms with Gasteiger partial charge in [0.1, 0.15) is 0 Å². The maximum absolute atomic E-state index is 12.7. The van der Waals surface area contributed by atoms with E-state index in [-0.39, 0.29) is 5.91 Å². The van der Waals surface area contributed by atoms with E-state index < -0.39 is 0 Å². The normalized spacial score (nSPS) is 22.5. The topological polar surface area (TPSA) is 46.3 Å². The zero-order chi connectivity index (χ0) is 14.0. The van der Waals surface area contributed by atoms with Crippen molar-refractivity contribution in [3.63, 3.8) is 0 Å². The molecule has 2 rings (SSSR count). The Labute approximate surface area is 115 Å². The van der Waals surface area contributed by atoms with Crippen LogP contribution in [0.4, 0.5) is 0 Å². The number of rotatable bonds is 3. The Morgan fingerprint density at radius 2 is 1.95 bits per heavy atom. The minimum atomic E-state index is 0.140. The van der Waals surface area contributed by atoms with Crippen LogP contribution >= 0.6 is 0 Å². The first-order valence-electron chi connectivity index (χ1n) is 7.09. The average molecular weight is 260 g/mol. The molecule has 0 aliphatic heterocycles. The molecule has 104 valence electrons. The number of amides is 1. The van der Waals surface area contributed by atoms with E-state index in [0.29, 0.717) is 18.5 Å². The van der Waals surface area contributed by atoms with Gasteiger partial charge in [-0.3, -0.25) is 4.79 Å². The molecule has 0 saturated heterocycles. The van der Waals surface area contributed by atoms with E-state index >= 15 is 0 Å². The molecule has 1 amide bonds. The first-order chi connectivity index (χ1) is 9.06. The lowest BCUT2D eigenvalue weighted by molar-refractivity contribution is 0.0698. The van der Waals surface area contributed by atoms with Crippen molar-refractivity contribution in [2.24, 2.45) is 11.7 Å². The van der Waals surface area contributed by atoms with Crippen molar-refractivity contribution < 1.29 is 4.79 Å². The second kappa shape index (κ2) is 5.74. The summed E-state index contributed by atoms with van der Waals surface area (Å²) in [5, 5.41) is 0. The molecule has 2 unspecified atom stereocenters. The third-order valence-electron chi connectivity index (χ3n) is 4.43. The quantitative estimate of drug-likeness (QED) is 0.907. The molecular formula is C16H24N2O. The Morgan fingerprint density at radius 3 is 2.53 bits per heavy atom. The molecular weight excluding hydrogens is 236 g/mol. The molecule has 0 aromatic heterocycles. The molecule has 0 bridgehead atoms. The van der Waals surface area contributed by atoms with E-state index in [4.69, 9.17) is 5.73 Å². The summed E-state index contributed by atoms with van der Waals surface area (Å²) in [6.45, 7) is 4.68. The maximum atomic E-state index is 12.7. The molecule has 0 heterocycles. The molecule has 3 heteroatoms. The molecule has 1 aromatic carbocycles. The van der Waals surface area contributed by atoms with Gasteiger partial charge in [-0.05, 0) is 50.3 Å². The Bertz CT molecular complexity index is 450. The molecule has 1 fully saturated rings. The van der Waals surface area contributed by atoms with Crippen LogP contribution in [0.2, 0.25) is 0 Å². The summed E-state index contributed by atoms with van der Waals surface area (Å²) >= 11 is 0. The fraction of sp³-hybridized carbons (Fsp3) is 0.562. The van der Waals surface area contributed by atoms with Crippen molar-refractivity contribution in [3.05, 3.63) is 34.9 Å². The van der Waals surface area contributed by atoms with Gasteiger partial charge in [-0.25, -0.2) is 0 Å². The van der Waals surface area contributed by atoms with Crippen LogP contribution in [0.1, 0.15) is 40.7 Å². The van der Waals surface area contributed by atoms with Crippen molar-refractivity contribution in [1.82, 2.24) is 4.90 Å². The number of carbonyl (C=O) groups is 1. The van der Waals surface area contributed by atoms with Crippen LogP contribution in [0.3, 0.4) is 0 Å². The third-order valence-corrected chi connectivity index (χ3v) is 4.43. The number of carbonyl (C=O) groups excluding carboxylic acids is 1. The molecule has 0 spiro atoms. The van der Waals surface area contributed by atoms with Crippen LogP contribution in [0.25, 0.3) is 0 Å². The first-order valence-corrected chi connectivity index (χ1v) is 7.09. The Hall–Kier alpha value is -1.35. The lowest BCUT2D eigenvalue weighted by Gasteiger charge is -2.30. The van der Waals surface area contributed by atoms with Crippen molar-refractivity contribution in [2.45, 2.75) is 39.2 Å². The van der Waals surface area contributed by atoms with Gasteiger partial charge in [-0.15, -0.1) is 0 Å². The summed E-state index contributed by atoms with van der Waals surface area (Å²) in [4.78, 5) is 14.6. The zero-order valence-electron chi connectivity index (χ0n) is 12.1. The van der Waals surface area contributed by atoms with Crippen LogP contribution in [0.15, 0.2) is 18.2 Å². The summed E-state index contributed by atoms with van der Waals surface area (Å²) in [7, 11) is 1.92. The van der Waals surface area contributed by atoms with E-state index in [0.717, 1.165) is 29.5 Å². The largest absolute Gasteiger partial charge is 0.338 e. The van der Waals surface area contributed by atoms with E-state index in [1.807, 2.05) is 44.0 Å². The number of nitrogens with two attached hydrogens (primary N) is 1. The van der Waals surface area contributed by atoms with Gasteiger partial charge >= 0.3 is 0 Å². The number of aryl methyl sites for hydroxylation is 2. The van der Waals surface area contributed by atoms with Crippen LogP contribution < -0.4 is 5.73 Å². The van der Waals surface area contributed by atoms with Gasteiger partial charge in [0.25, 0.3) is 5.91 Å². The lowest BCUT2D eigenvalue weighted by Crippen LogP contribution is -2.42. The van der Waals surface area contributed by atoms with E-state index in [9.17, 15) is 4.79 Å². The average Bonchev–Trinajstić information content (AvgIpc) is 2.85. The van der Waals surface area contributed by atoms with Crippen LogP contribution in [-0.4, -0.2) is 30.4 Å². The highest BCUT2D eigenvalue weighted by Gasteiger charge is 2.32. The number of hydrogen-bond acceptors (Lipinski definition) is 2. The van der Waals surface area contributed by atoms with Gasteiger partial charge < -0.3 is 10.6 Å².